The van der Waals surface area contributed by atoms with E-state index >= 15 is 0 Å². The van der Waals surface area contributed by atoms with Crippen LogP contribution < -0.4 is 4.90 Å². The molecule has 1 amide bonds. The number of nitrogens with zero attached hydrogens (tertiary/aromatic N) is 5. The Hall–Kier alpha value is -2.81. The molecule has 1 aromatic carbocycles. The van der Waals surface area contributed by atoms with Gasteiger partial charge in [0, 0.05) is 31.9 Å². The lowest BCUT2D eigenvalue weighted by Crippen LogP contribution is -2.50. The molecule has 21 heavy (non-hydrogen) atoms. The first-order valence-corrected chi connectivity index (χ1v) is 6.82. The fourth-order valence-corrected chi connectivity index (χ4v) is 2.42. The molecule has 6 heteroatoms. The molecule has 1 fully saturated rings. The predicted molar refractivity (Wildman–Crippen MR) is 78.0 cm³/mol. The van der Waals surface area contributed by atoms with Crippen molar-refractivity contribution in [2.24, 2.45) is 0 Å². The monoisotopic (exact) mass is 281 g/mol. The van der Waals surface area contributed by atoms with E-state index in [1.165, 1.54) is 22.8 Å². The van der Waals surface area contributed by atoms with Crippen LogP contribution in [0.2, 0.25) is 0 Å². The van der Waals surface area contributed by atoms with Crippen molar-refractivity contribution >= 4 is 11.7 Å². The predicted octanol–water partition coefficient (Wildman–Crippen LogP) is 1.55. The van der Waals surface area contributed by atoms with E-state index in [9.17, 15) is 4.79 Å². The summed E-state index contributed by atoms with van der Waals surface area (Å²) >= 11 is 0. The van der Waals surface area contributed by atoms with Gasteiger partial charge in [-0.05, 0) is 12.1 Å². The summed E-state index contributed by atoms with van der Waals surface area (Å²) in [7, 11) is 0. The molecular weight excluding hydrogens is 266 g/mol. The highest BCUT2D eigenvalue weighted by molar-refractivity contribution is 5.76. The van der Waals surface area contributed by atoms with E-state index in [1.54, 1.807) is 4.90 Å². The van der Waals surface area contributed by atoms with Crippen LogP contribution in [0.1, 0.15) is 5.56 Å². The lowest BCUT2D eigenvalue weighted by Gasteiger charge is -2.35. The first-order valence-electron chi connectivity index (χ1n) is 6.82. The summed E-state index contributed by atoms with van der Waals surface area (Å²) in [6, 6.07) is 12.0. The second-order valence-corrected chi connectivity index (χ2v) is 4.88. The number of anilines is 1. The van der Waals surface area contributed by atoms with Gasteiger partial charge >= 0.3 is 6.03 Å². The number of para-hydroxylation sites is 1. The van der Waals surface area contributed by atoms with Crippen LogP contribution in [-0.4, -0.2) is 46.9 Å². The third-order valence-electron chi connectivity index (χ3n) is 3.58. The van der Waals surface area contributed by atoms with Crippen molar-refractivity contribution in [2.45, 2.75) is 0 Å². The molecule has 6 nitrogen and oxygen atoms in total. The Morgan fingerprint density at radius 2 is 1.86 bits per heavy atom. The zero-order chi connectivity index (χ0) is 14.7. The van der Waals surface area contributed by atoms with Crippen molar-refractivity contribution in [1.29, 1.82) is 5.26 Å². The van der Waals surface area contributed by atoms with Crippen LogP contribution in [0, 0.1) is 11.3 Å². The standard InChI is InChI=1S/C15H15N5O/c16-10-13-11-17-20(12-13)15(21)19-8-6-18(7-9-19)14-4-2-1-3-5-14/h1-5,11-12H,6-9H2. The smallest absolute Gasteiger partial charge is 0.344 e. The van der Waals surface area contributed by atoms with Crippen LogP contribution in [0.25, 0.3) is 0 Å². The van der Waals surface area contributed by atoms with E-state index in [4.69, 9.17) is 5.26 Å². The molecule has 0 N–H and O–H groups in total. The lowest BCUT2D eigenvalue weighted by molar-refractivity contribution is 0.193. The molecule has 1 aliphatic rings. The highest BCUT2D eigenvalue weighted by atomic mass is 16.2. The molecule has 3 rings (SSSR count). The van der Waals surface area contributed by atoms with Crippen molar-refractivity contribution in [1.82, 2.24) is 14.7 Å². The maximum Gasteiger partial charge on any atom is 0.344 e. The van der Waals surface area contributed by atoms with Crippen LogP contribution >= 0.6 is 0 Å². The van der Waals surface area contributed by atoms with E-state index in [-0.39, 0.29) is 6.03 Å². The molecule has 0 atom stereocenters. The van der Waals surface area contributed by atoms with Gasteiger partial charge in [0.25, 0.3) is 0 Å². The molecule has 0 unspecified atom stereocenters. The number of hydrogen-bond acceptors (Lipinski definition) is 4. The molecule has 2 aromatic rings. The van der Waals surface area contributed by atoms with Gasteiger partial charge in [0.15, 0.2) is 0 Å². The largest absolute Gasteiger partial charge is 0.368 e. The van der Waals surface area contributed by atoms with Crippen LogP contribution in [0.5, 0.6) is 0 Å². The first kappa shape index (κ1) is 13.2. The highest BCUT2D eigenvalue weighted by Crippen LogP contribution is 2.15. The van der Waals surface area contributed by atoms with Crippen molar-refractivity contribution in [3.63, 3.8) is 0 Å². The zero-order valence-electron chi connectivity index (χ0n) is 11.5. The van der Waals surface area contributed by atoms with E-state index in [0.717, 1.165) is 13.1 Å². The molecule has 0 aliphatic carbocycles. The Morgan fingerprint density at radius 1 is 1.14 bits per heavy atom. The summed E-state index contributed by atoms with van der Waals surface area (Å²) in [5.41, 5.74) is 1.57. The van der Waals surface area contributed by atoms with Crippen LogP contribution in [0.15, 0.2) is 42.7 Å². The summed E-state index contributed by atoms with van der Waals surface area (Å²) in [5.74, 6) is 0. The number of aromatic nitrogens is 2. The van der Waals surface area contributed by atoms with Gasteiger partial charge in [-0.3, -0.25) is 0 Å². The van der Waals surface area contributed by atoms with E-state index in [0.29, 0.717) is 18.7 Å². The maximum atomic E-state index is 12.3. The van der Waals surface area contributed by atoms with Gasteiger partial charge in [-0.15, -0.1) is 0 Å². The van der Waals surface area contributed by atoms with Crippen molar-refractivity contribution in [3.05, 3.63) is 48.3 Å². The Morgan fingerprint density at radius 3 is 2.48 bits per heavy atom. The molecular formula is C15H15N5O. The van der Waals surface area contributed by atoms with E-state index in [1.807, 2.05) is 24.3 Å². The SMILES string of the molecule is N#Cc1cnn(C(=O)N2CCN(c3ccccc3)CC2)c1. The number of nitriles is 1. The normalized spacial score (nSPS) is 14.8. The molecule has 106 valence electrons. The third kappa shape index (κ3) is 2.72. The van der Waals surface area contributed by atoms with Gasteiger partial charge in [-0.25, -0.2) is 4.79 Å². The van der Waals surface area contributed by atoms with Gasteiger partial charge in [0.2, 0.25) is 0 Å². The average molecular weight is 281 g/mol. The zero-order valence-corrected chi connectivity index (χ0v) is 11.5. The fourth-order valence-electron chi connectivity index (χ4n) is 2.42. The Bertz CT molecular complexity index is 665. The minimum atomic E-state index is -0.177. The third-order valence-corrected chi connectivity index (χ3v) is 3.58. The van der Waals surface area contributed by atoms with Gasteiger partial charge < -0.3 is 9.80 Å². The second kappa shape index (κ2) is 5.67. The second-order valence-electron chi connectivity index (χ2n) is 4.88. The summed E-state index contributed by atoms with van der Waals surface area (Å²) in [5, 5.41) is 12.7. The minimum absolute atomic E-state index is 0.177. The topological polar surface area (TPSA) is 65.2 Å². The minimum Gasteiger partial charge on any atom is -0.368 e. The van der Waals surface area contributed by atoms with Crippen molar-refractivity contribution < 1.29 is 4.79 Å². The van der Waals surface area contributed by atoms with E-state index < -0.39 is 0 Å². The Balaban J connectivity index is 1.63. The number of piperazine rings is 1. The van der Waals surface area contributed by atoms with Crippen LogP contribution in [0.3, 0.4) is 0 Å². The van der Waals surface area contributed by atoms with Crippen LogP contribution in [-0.2, 0) is 0 Å². The van der Waals surface area contributed by atoms with Gasteiger partial charge in [-0.1, -0.05) is 18.2 Å². The molecule has 0 radical (unpaired) electrons. The number of hydrogen-bond donors (Lipinski definition) is 0. The fraction of sp³-hybridized carbons (Fsp3) is 0.267. The summed E-state index contributed by atoms with van der Waals surface area (Å²) in [6.45, 7) is 2.88. The van der Waals surface area contributed by atoms with Gasteiger partial charge in [0.1, 0.15) is 6.07 Å². The highest BCUT2D eigenvalue weighted by Gasteiger charge is 2.22. The van der Waals surface area contributed by atoms with Crippen LogP contribution in [0.4, 0.5) is 10.5 Å². The number of carbonyl (C=O) groups excluding carboxylic acids is 1. The number of rotatable bonds is 1. The van der Waals surface area contributed by atoms with Gasteiger partial charge in [-0.2, -0.15) is 15.0 Å². The molecule has 0 bridgehead atoms. The van der Waals surface area contributed by atoms with Crippen molar-refractivity contribution in [3.8, 4) is 6.07 Å². The summed E-state index contributed by atoms with van der Waals surface area (Å²) < 4.78 is 1.23. The molecule has 2 heterocycles. The first-order chi connectivity index (χ1) is 10.3. The number of benzene rings is 1. The molecule has 0 saturated carbocycles. The number of carbonyl (C=O) groups is 1. The summed E-state index contributed by atoms with van der Waals surface area (Å²) in [6.07, 6.45) is 2.87. The van der Waals surface area contributed by atoms with Gasteiger partial charge in [0.05, 0.1) is 18.0 Å². The number of amides is 1. The lowest BCUT2D eigenvalue weighted by atomic mass is 10.2. The average Bonchev–Trinajstić information content (AvgIpc) is 3.04. The molecule has 0 spiro atoms. The molecule has 1 aromatic heterocycles. The Labute approximate surface area is 122 Å². The Kier molecular flexibility index (Phi) is 3.56. The van der Waals surface area contributed by atoms with E-state index in [2.05, 4.69) is 22.1 Å². The molecule has 1 aliphatic heterocycles. The quantitative estimate of drug-likeness (QED) is 0.795. The van der Waals surface area contributed by atoms with Crippen molar-refractivity contribution in [2.75, 3.05) is 31.1 Å². The maximum absolute atomic E-state index is 12.3. The summed E-state index contributed by atoms with van der Waals surface area (Å²) in [4.78, 5) is 16.3. The molecule has 1 saturated heterocycles.